The predicted molar refractivity (Wildman–Crippen MR) is 49.8 cm³/mol. The zero-order valence-electron chi connectivity index (χ0n) is 6.94. The molecule has 0 fully saturated rings. The molecule has 2 N–H and O–H groups in total. The number of rotatable bonds is 1. The fraction of sp³-hybridized carbons (Fsp3) is 0.111. The van der Waals surface area contributed by atoms with Gasteiger partial charge in [-0.15, -0.1) is 0 Å². The molecule has 0 saturated carbocycles. The smallest absolute Gasteiger partial charge is 0.153 e. The SMILES string of the molecule is N#CCn1nc(N)c2ccccc21. The lowest BCUT2D eigenvalue weighted by Gasteiger charge is -1.93. The molecular formula is C9H8N4. The van der Waals surface area contributed by atoms with Crippen molar-refractivity contribution in [3.8, 4) is 6.07 Å². The molecule has 0 bridgehead atoms. The standard InChI is InChI=1S/C9H8N4/c10-5-6-13-8-4-2-1-3-7(8)9(11)12-13/h1-4H,6H2,(H2,11,12). The van der Waals surface area contributed by atoms with Gasteiger partial charge in [-0.25, -0.2) is 4.68 Å². The third-order valence-corrected chi connectivity index (χ3v) is 1.91. The van der Waals surface area contributed by atoms with E-state index < -0.39 is 0 Å². The van der Waals surface area contributed by atoms with Crippen LogP contribution >= 0.6 is 0 Å². The largest absolute Gasteiger partial charge is 0.382 e. The van der Waals surface area contributed by atoms with Crippen molar-refractivity contribution in [3.05, 3.63) is 24.3 Å². The molecule has 0 aliphatic heterocycles. The van der Waals surface area contributed by atoms with E-state index in [0.717, 1.165) is 10.9 Å². The second-order valence-corrected chi connectivity index (χ2v) is 2.72. The topological polar surface area (TPSA) is 67.6 Å². The van der Waals surface area contributed by atoms with Crippen LogP contribution in [0.5, 0.6) is 0 Å². The Bertz CT molecular complexity index is 478. The third-order valence-electron chi connectivity index (χ3n) is 1.91. The van der Waals surface area contributed by atoms with Gasteiger partial charge in [-0.05, 0) is 12.1 Å². The van der Waals surface area contributed by atoms with E-state index in [9.17, 15) is 0 Å². The van der Waals surface area contributed by atoms with E-state index in [4.69, 9.17) is 11.0 Å². The van der Waals surface area contributed by atoms with E-state index in [1.165, 1.54) is 0 Å². The number of nitriles is 1. The summed E-state index contributed by atoms with van der Waals surface area (Å²) in [5.41, 5.74) is 6.57. The Morgan fingerprint density at radius 2 is 2.23 bits per heavy atom. The number of para-hydroxylation sites is 1. The van der Waals surface area contributed by atoms with Crippen LogP contribution in [0.25, 0.3) is 10.9 Å². The number of aromatic nitrogens is 2. The van der Waals surface area contributed by atoms with Crippen LogP contribution in [-0.4, -0.2) is 9.78 Å². The Morgan fingerprint density at radius 3 is 3.00 bits per heavy atom. The van der Waals surface area contributed by atoms with Gasteiger partial charge in [0.05, 0.1) is 11.6 Å². The van der Waals surface area contributed by atoms with Gasteiger partial charge in [0.2, 0.25) is 0 Å². The maximum Gasteiger partial charge on any atom is 0.153 e. The Kier molecular flexibility index (Phi) is 1.64. The average Bonchev–Trinajstić information content (AvgIpc) is 2.46. The molecule has 1 aromatic heterocycles. The first kappa shape index (κ1) is 7.62. The van der Waals surface area contributed by atoms with Crippen LogP contribution in [-0.2, 0) is 6.54 Å². The lowest BCUT2D eigenvalue weighted by atomic mass is 10.2. The average molecular weight is 172 g/mol. The Labute approximate surface area is 75.2 Å². The zero-order valence-corrected chi connectivity index (χ0v) is 6.94. The van der Waals surface area contributed by atoms with Crippen molar-refractivity contribution in [3.63, 3.8) is 0 Å². The van der Waals surface area contributed by atoms with Crippen LogP contribution in [0.2, 0.25) is 0 Å². The van der Waals surface area contributed by atoms with Crippen molar-refractivity contribution in [2.45, 2.75) is 6.54 Å². The van der Waals surface area contributed by atoms with Crippen molar-refractivity contribution < 1.29 is 0 Å². The molecule has 4 nitrogen and oxygen atoms in total. The lowest BCUT2D eigenvalue weighted by Crippen LogP contribution is -1.97. The summed E-state index contributed by atoms with van der Waals surface area (Å²) in [7, 11) is 0. The Hall–Kier alpha value is -2.02. The summed E-state index contributed by atoms with van der Waals surface area (Å²) in [6, 6.07) is 9.63. The number of hydrogen-bond donors (Lipinski definition) is 1. The monoisotopic (exact) mass is 172 g/mol. The number of nitrogen functional groups attached to an aromatic ring is 1. The fourth-order valence-corrected chi connectivity index (χ4v) is 1.34. The Balaban J connectivity index is 2.72. The molecule has 0 aliphatic rings. The lowest BCUT2D eigenvalue weighted by molar-refractivity contribution is 0.740. The molecule has 13 heavy (non-hydrogen) atoms. The van der Waals surface area contributed by atoms with E-state index in [2.05, 4.69) is 5.10 Å². The van der Waals surface area contributed by atoms with Crippen LogP contribution in [0.15, 0.2) is 24.3 Å². The summed E-state index contributed by atoms with van der Waals surface area (Å²) in [6.07, 6.45) is 0. The number of hydrogen-bond acceptors (Lipinski definition) is 3. The maximum atomic E-state index is 8.54. The molecule has 2 aromatic rings. The van der Waals surface area contributed by atoms with Crippen LogP contribution in [0.4, 0.5) is 5.82 Å². The van der Waals surface area contributed by atoms with Crippen LogP contribution in [0.3, 0.4) is 0 Å². The molecule has 0 saturated heterocycles. The second-order valence-electron chi connectivity index (χ2n) is 2.72. The molecule has 0 atom stereocenters. The van der Waals surface area contributed by atoms with Crippen molar-refractivity contribution in [1.29, 1.82) is 5.26 Å². The molecule has 4 heteroatoms. The van der Waals surface area contributed by atoms with Crippen LogP contribution in [0.1, 0.15) is 0 Å². The molecule has 1 aromatic carbocycles. The van der Waals surface area contributed by atoms with Crippen LogP contribution in [0, 0.1) is 11.3 Å². The summed E-state index contributed by atoms with van der Waals surface area (Å²) < 4.78 is 1.60. The first-order chi connectivity index (χ1) is 6.33. The van der Waals surface area contributed by atoms with Gasteiger partial charge in [0.15, 0.2) is 5.82 Å². The number of fused-ring (bicyclic) bond motifs is 1. The van der Waals surface area contributed by atoms with Gasteiger partial charge in [0.1, 0.15) is 6.54 Å². The van der Waals surface area contributed by atoms with Crippen LogP contribution < -0.4 is 5.73 Å². The molecule has 0 spiro atoms. The minimum atomic E-state index is 0.234. The van der Waals surface area contributed by atoms with Gasteiger partial charge in [0.25, 0.3) is 0 Å². The van der Waals surface area contributed by atoms with Gasteiger partial charge in [0, 0.05) is 5.39 Å². The minimum absolute atomic E-state index is 0.234. The summed E-state index contributed by atoms with van der Waals surface area (Å²) >= 11 is 0. The molecule has 0 radical (unpaired) electrons. The molecule has 2 rings (SSSR count). The summed E-state index contributed by atoms with van der Waals surface area (Å²) in [5, 5.41) is 13.5. The normalized spacial score (nSPS) is 10.1. The number of benzene rings is 1. The number of anilines is 1. The van der Waals surface area contributed by atoms with Crippen molar-refractivity contribution in [1.82, 2.24) is 9.78 Å². The van der Waals surface area contributed by atoms with Crippen molar-refractivity contribution in [2.75, 3.05) is 5.73 Å². The van der Waals surface area contributed by atoms with E-state index >= 15 is 0 Å². The second kappa shape index (κ2) is 2.79. The molecule has 1 heterocycles. The van der Waals surface area contributed by atoms with E-state index in [0.29, 0.717) is 5.82 Å². The highest BCUT2D eigenvalue weighted by atomic mass is 15.3. The minimum Gasteiger partial charge on any atom is -0.382 e. The molecular weight excluding hydrogens is 164 g/mol. The van der Waals surface area contributed by atoms with Crippen molar-refractivity contribution >= 4 is 16.7 Å². The van der Waals surface area contributed by atoms with Gasteiger partial charge in [-0.2, -0.15) is 10.4 Å². The molecule has 0 amide bonds. The van der Waals surface area contributed by atoms with E-state index in [1.807, 2.05) is 30.3 Å². The number of nitrogens with zero attached hydrogens (tertiary/aromatic N) is 3. The van der Waals surface area contributed by atoms with Gasteiger partial charge in [-0.1, -0.05) is 12.1 Å². The van der Waals surface area contributed by atoms with E-state index in [1.54, 1.807) is 4.68 Å². The third kappa shape index (κ3) is 1.11. The highest BCUT2D eigenvalue weighted by Gasteiger charge is 2.05. The summed E-state index contributed by atoms with van der Waals surface area (Å²) in [5.74, 6) is 0.478. The highest BCUT2D eigenvalue weighted by Crippen LogP contribution is 2.19. The predicted octanol–water partition coefficient (Wildman–Crippen LogP) is 1.14. The highest BCUT2D eigenvalue weighted by molar-refractivity contribution is 5.88. The van der Waals surface area contributed by atoms with Crippen molar-refractivity contribution in [2.24, 2.45) is 0 Å². The van der Waals surface area contributed by atoms with Gasteiger partial charge >= 0.3 is 0 Å². The Morgan fingerprint density at radius 1 is 1.46 bits per heavy atom. The fourth-order valence-electron chi connectivity index (χ4n) is 1.34. The molecule has 64 valence electrons. The first-order valence-corrected chi connectivity index (χ1v) is 3.91. The van der Waals surface area contributed by atoms with E-state index in [-0.39, 0.29) is 6.54 Å². The molecule has 0 unspecified atom stereocenters. The summed E-state index contributed by atoms with van der Waals surface area (Å²) in [4.78, 5) is 0. The first-order valence-electron chi connectivity index (χ1n) is 3.91. The maximum absolute atomic E-state index is 8.54. The molecule has 0 aliphatic carbocycles. The van der Waals surface area contributed by atoms with Gasteiger partial charge < -0.3 is 5.73 Å². The summed E-state index contributed by atoms with van der Waals surface area (Å²) in [6.45, 7) is 0.234. The number of nitrogens with two attached hydrogens (primary N) is 1. The van der Waals surface area contributed by atoms with Gasteiger partial charge in [-0.3, -0.25) is 0 Å². The quantitative estimate of drug-likeness (QED) is 0.701. The zero-order chi connectivity index (χ0) is 9.26.